The molecule has 0 bridgehead atoms. The van der Waals surface area contributed by atoms with Gasteiger partial charge in [0.2, 0.25) is 11.8 Å². The van der Waals surface area contributed by atoms with Crippen molar-refractivity contribution >= 4 is 34.8 Å². The summed E-state index contributed by atoms with van der Waals surface area (Å²) in [5.41, 5.74) is 0.783. The largest absolute Gasteiger partial charge is 0.416 e. The highest BCUT2D eigenvalue weighted by atomic mass is 35.5. The fourth-order valence-electron chi connectivity index (χ4n) is 3.08. The highest BCUT2D eigenvalue weighted by molar-refractivity contribution is 6.33. The monoisotopic (exact) mass is 410 g/mol. The molecule has 1 heterocycles. The topological polar surface area (TPSA) is 49.4 Å². The maximum atomic E-state index is 12.9. The predicted molar refractivity (Wildman–Crippen MR) is 101 cm³/mol. The Labute approximate surface area is 165 Å². The summed E-state index contributed by atoms with van der Waals surface area (Å²) in [5.74, 6) is -1.43. The van der Waals surface area contributed by atoms with Gasteiger partial charge in [0.05, 0.1) is 22.2 Å². The van der Waals surface area contributed by atoms with Gasteiger partial charge in [-0.2, -0.15) is 13.2 Å². The second-order valence-electron chi connectivity index (χ2n) is 6.61. The van der Waals surface area contributed by atoms with Crippen LogP contribution >= 0.6 is 11.6 Å². The molecule has 0 spiro atoms. The van der Waals surface area contributed by atoms with Crippen molar-refractivity contribution in [2.24, 2.45) is 5.92 Å². The van der Waals surface area contributed by atoms with Crippen molar-refractivity contribution < 1.29 is 22.8 Å². The van der Waals surface area contributed by atoms with E-state index in [4.69, 9.17) is 11.6 Å². The standard InChI is InChI=1S/C20H18ClF3N2O2/c1-2-12-3-6-15(7-4-12)26-11-13(9-18(26)27)19(28)25-17-10-14(20(22,23)24)5-8-16(17)21/h3-8,10,13H,2,9,11H2,1H3,(H,25,28). The number of nitrogens with zero attached hydrogens (tertiary/aromatic N) is 1. The van der Waals surface area contributed by atoms with Crippen LogP contribution in [-0.2, 0) is 22.2 Å². The minimum Gasteiger partial charge on any atom is -0.324 e. The van der Waals surface area contributed by atoms with Crippen LogP contribution in [0, 0.1) is 5.92 Å². The Bertz CT molecular complexity index is 897. The molecule has 4 nitrogen and oxygen atoms in total. The molecular weight excluding hydrogens is 393 g/mol. The molecule has 1 unspecified atom stereocenters. The number of nitrogens with one attached hydrogen (secondary N) is 1. The second-order valence-corrected chi connectivity index (χ2v) is 7.01. The predicted octanol–water partition coefficient (Wildman–Crippen LogP) is 4.91. The summed E-state index contributed by atoms with van der Waals surface area (Å²) in [6.07, 6.45) is -3.69. The third kappa shape index (κ3) is 4.30. The van der Waals surface area contributed by atoms with Crippen LogP contribution in [0.2, 0.25) is 5.02 Å². The zero-order chi connectivity index (χ0) is 20.5. The van der Waals surface area contributed by atoms with Gasteiger partial charge in [-0.05, 0) is 42.3 Å². The second kappa shape index (κ2) is 7.83. The van der Waals surface area contributed by atoms with Crippen LogP contribution in [0.5, 0.6) is 0 Å². The molecule has 1 N–H and O–H groups in total. The Balaban J connectivity index is 1.73. The van der Waals surface area contributed by atoms with Gasteiger partial charge in [0.15, 0.2) is 0 Å². The number of aryl methyl sites for hydroxylation is 1. The Morgan fingerprint density at radius 3 is 2.50 bits per heavy atom. The van der Waals surface area contributed by atoms with E-state index in [9.17, 15) is 22.8 Å². The molecule has 1 fully saturated rings. The van der Waals surface area contributed by atoms with E-state index in [1.807, 2.05) is 31.2 Å². The summed E-state index contributed by atoms with van der Waals surface area (Å²) in [5, 5.41) is 2.42. The van der Waals surface area contributed by atoms with Crippen LogP contribution in [0.25, 0.3) is 0 Å². The van der Waals surface area contributed by atoms with Gasteiger partial charge in [-0.3, -0.25) is 9.59 Å². The SMILES string of the molecule is CCc1ccc(N2CC(C(=O)Nc3cc(C(F)(F)F)ccc3Cl)CC2=O)cc1. The Hall–Kier alpha value is -2.54. The summed E-state index contributed by atoms with van der Waals surface area (Å²) in [6.45, 7) is 2.18. The van der Waals surface area contributed by atoms with Crippen molar-refractivity contribution in [2.45, 2.75) is 25.9 Å². The molecule has 1 aliphatic rings. The van der Waals surface area contributed by atoms with Crippen LogP contribution in [0.15, 0.2) is 42.5 Å². The molecule has 3 rings (SSSR count). The zero-order valence-corrected chi connectivity index (χ0v) is 15.8. The molecule has 1 aliphatic heterocycles. The van der Waals surface area contributed by atoms with E-state index >= 15 is 0 Å². The molecule has 148 valence electrons. The summed E-state index contributed by atoms with van der Waals surface area (Å²) >= 11 is 5.92. The highest BCUT2D eigenvalue weighted by Gasteiger charge is 2.36. The van der Waals surface area contributed by atoms with Gasteiger partial charge < -0.3 is 10.2 Å². The number of alkyl halides is 3. The lowest BCUT2D eigenvalue weighted by atomic mass is 10.1. The molecular formula is C20H18ClF3N2O2. The molecule has 8 heteroatoms. The van der Waals surface area contributed by atoms with Crippen LogP contribution in [0.4, 0.5) is 24.5 Å². The van der Waals surface area contributed by atoms with Crippen molar-refractivity contribution in [3.63, 3.8) is 0 Å². The Morgan fingerprint density at radius 2 is 1.89 bits per heavy atom. The first-order chi connectivity index (χ1) is 13.2. The van der Waals surface area contributed by atoms with Gasteiger partial charge in [-0.15, -0.1) is 0 Å². The van der Waals surface area contributed by atoms with Gasteiger partial charge in [-0.1, -0.05) is 30.7 Å². The molecule has 0 radical (unpaired) electrons. The summed E-state index contributed by atoms with van der Waals surface area (Å²) in [4.78, 5) is 26.4. The normalized spacial score (nSPS) is 17.1. The quantitative estimate of drug-likeness (QED) is 0.778. The van der Waals surface area contributed by atoms with Crippen molar-refractivity contribution in [2.75, 3.05) is 16.8 Å². The lowest BCUT2D eigenvalue weighted by Crippen LogP contribution is -2.28. The maximum absolute atomic E-state index is 12.9. The van der Waals surface area contributed by atoms with Crippen molar-refractivity contribution in [1.29, 1.82) is 0 Å². The minimum atomic E-state index is -4.55. The Kier molecular flexibility index (Phi) is 5.65. The number of anilines is 2. The summed E-state index contributed by atoms with van der Waals surface area (Å²) in [6, 6.07) is 10.2. The van der Waals surface area contributed by atoms with E-state index in [1.165, 1.54) is 4.90 Å². The number of amides is 2. The molecule has 28 heavy (non-hydrogen) atoms. The first-order valence-corrected chi connectivity index (χ1v) is 9.13. The molecule has 0 aliphatic carbocycles. The first-order valence-electron chi connectivity index (χ1n) is 8.76. The van der Waals surface area contributed by atoms with Crippen LogP contribution in [-0.4, -0.2) is 18.4 Å². The molecule has 2 aromatic carbocycles. The van der Waals surface area contributed by atoms with Crippen molar-refractivity contribution in [3.8, 4) is 0 Å². The number of benzene rings is 2. The number of rotatable bonds is 4. The Morgan fingerprint density at radius 1 is 1.21 bits per heavy atom. The van der Waals surface area contributed by atoms with Gasteiger partial charge in [0.25, 0.3) is 0 Å². The third-order valence-corrected chi connectivity index (χ3v) is 5.03. The lowest BCUT2D eigenvalue weighted by Gasteiger charge is -2.17. The molecule has 1 saturated heterocycles. The van der Waals surface area contributed by atoms with Gasteiger partial charge in [0, 0.05) is 18.7 Å². The summed E-state index contributed by atoms with van der Waals surface area (Å²) < 4.78 is 38.6. The zero-order valence-electron chi connectivity index (χ0n) is 15.0. The van der Waals surface area contributed by atoms with E-state index in [1.54, 1.807) is 0 Å². The van der Waals surface area contributed by atoms with E-state index in [2.05, 4.69) is 5.32 Å². The van der Waals surface area contributed by atoms with Gasteiger partial charge in [0.1, 0.15) is 0 Å². The number of hydrogen-bond donors (Lipinski definition) is 1. The van der Waals surface area contributed by atoms with Crippen LogP contribution in [0.1, 0.15) is 24.5 Å². The number of halogens is 4. The fourth-order valence-corrected chi connectivity index (χ4v) is 3.24. The molecule has 0 aromatic heterocycles. The minimum absolute atomic E-state index is 0.00214. The van der Waals surface area contributed by atoms with Crippen molar-refractivity contribution in [3.05, 3.63) is 58.6 Å². The van der Waals surface area contributed by atoms with Gasteiger partial charge in [-0.25, -0.2) is 0 Å². The molecule has 0 saturated carbocycles. The number of carbonyl (C=O) groups is 2. The van der Waals surface area contributed by atoms with Gasteiger partial charge >= 0.3 is 6.18 Å². The fraction of sp³-hybridized carbons (Fsp3) is 0.300. The maximum Gasteiger partial charge on any atom is 0.416 e. The van der Waals surface area contributed by atoms with E-state index in [-0.39, 0.29) is 29.6 Å². The number of hydrogen-bond acceptors (Lipinski definition) is 2. The average molecular weight is 411 g/mol. The lowest BCUT2D eigenvalue weighted by molar-refractivity contribution is -0.137. The van der Waals surface area contributed by atoms with Crippen LogP contribution < -0.4 is 10.2 Å². The third-order valence-electron chi connectivity index (χ3n) is 4.70. The number of carbonyl (C=O) groups excluding carboxylic acids is 2. The van der Waals surface area contributed by atoms with E-state index in [0.717, 1.165) is 30.2 Å². The molecule has 1 atom stereocenters. The van der Waals surface area contributed by atoms with Crippen LogP contribution in [0.3, 0.4) is 0 Å². The smallest absolute Gasteiger partial charge is 0.324 e. The van der Waals surface area contributed by atoms with E-state index < -0.39 is 23.6 Å². The molecule has 2 aromatic rings. The summed E-state index contributed by atoms with van der Waals surface area (Å²) in [7, 11) is 0. The molecule has 2 amide bonds. The first kappa shape index (κ1) is 20.2. The highest BCUT2D eigenvalue weighted by Crippen LogP contribution is 2.34. The average Bonchev–Trinajstić information content (AvgIpc) is 3.04. The van der Waals surface area contributed by atoms with Crippen molar-refractivity contribution in [1.82, 2.24) is 0 Å². The van der Waals surface area contributed by atoms with E-state index in [0.29, 0.717) is 5.69 Å².